The van der Waals surface area contributed by atoms with Crippen molar-refractivity contribution in [1.29, 1.82) is 0 Å². The fourth-order valence-electron chi connectivity index (χ4n) is 6.32. The molecule has 4 aliphatic carbocycles. The summed E-state index contributed by atoms with van der Waals surface area (Å²) >= 11 is 0. The van der Waals surface area contributed by atoms with Crippen molar-refractivity contribution >= 4 is 5.91 Å². The Balaban J connectivity index is 1.27. The SMILES string of the molecule is CC(NC(=O)C1COc2ccccc2O1)C12CC3CC(CC(C3)C1)C2. The Labute approximate surface area is 149 Å². The first-order valence-electron chi connectivity index (χ1n) is 9.80. The number of hydrogen-bond donors (Lipinski definition) is 1. The summed E-state index contributed by atoms with van der Waals surface area (Å²) < 4.78 is 11.6. The molecule has 5 aliphatic rings. The Morgan fingerprint density at radius 3 is 2.32 bits per heavy atom. The molecule has 4 nitrogen and oxygen atoms in total. The number of ether oxygens (including phenoxy) is 2. The minimum atomic E-state index is -0.550. The Morgan fingerprint density at radius 1 is 1.08 bits per heavy atom. The molecule has 134 valence electrons. The smallest absolute Gasteiger partial charge is 0.264 e. The Kier molecular flexibility index (Phi) is 3.51. The second-order valence-electron chi connectivity index (χ2n) is 8.87. The molecular formula is C21H27NO3. The fraction of sp³-hybridized carbons (Fsp3) is 0.667. The van der Waals surface area contributed by atoms with Crippen LogP contribution in [0.3, 0.4) is 0 Å². The zero-order valence-electron chi connectivity index (χ0n) is 14.9. The van der Waals surface area contributed by atoms with Crippen LogP contribution in [0.1, 0.15) is 45.4 Å². The normalized spacial score (nSPS) is 39.1. The van der Waals surface area contributed by atoms with Crippen LogP contribution < -0.4 is 14.8 Å². The lowest BCUT2D eigenvalue weighted by Crippen LogP contribution is -2.58. The summed E-state index contributed by atoms with van der Waals surface area (Å²) in [6.07, 6.45) is 7.62. The zero-order chi connectivity index (χ0) is 17.0. The van der Waals surface area contributed by atoms with E-state index < -0.39 is 6.10 Å². The van der Waals surface area contributed by atoms with Gasteiger partial charge in [-0.15, -0.1) is 0 Å². The van der Waals surface area contributed by atoms with Crippen LogP contribution in [-0.4, -0.2) is 24.7 Å². The molecule has 2 atom stereocenters. The largest absolute Gasteiger partial charge is 0.485 e. The molecule has 6 rings (SSSR count). The average molecular weight is 341 g/mol. The van der Waals surface area contributed by atoms with Gasteiger partial charge in [0.25, 0.3) is 5.91 Å². The van der Waals surface area contributed by atoms with Crippen molar-refractivity contribution in [1.82, 2.24) is 5.32 Å². The molecule has 2 unspecified atom stereocenters. The molecule has 1 heterocycles. The van der Waals surface area contributed by atoms with E-state index in [4.69, 9.17) is 9.47 Å². The van der Waals surface area contributed by atoms with Crippen LogP contribution in [0.15, 0.2) is 24.3 Å². The maximum Gasteiger partial charge on any atom is 0.264 e. The molecule has 1 aromatic rings. The van der Waals surface area contributed by atoms with E-state index in [-0.39, 0.29) is 18.6 Å². The van der Waals surface area contributed by atoms with E-state index in [1.807, 2.05) is 24.3 Å². The van der Waals surface area contributed by atoms with Crippen molar-refractivity contribution in [3.8, 4) is 11.5 Å². The second kappa shape index (κ2) is 5.65. The number of carbonyl (C=O) groups excluding carboxylic acids is 1. The molecule has 25 heavy (non-hydrogen) atoms. The molecular weight excluding hydrogens is 314 g/mol. The van der Waals surface area contributed by atoms with Gasteiger partial charge in [-0.3, -0.25) is 4.79 Å². The van der Waals surface area contributed by atoms with Gasteiger partial charge in [0.15, 0.2) is 11.5 Å². The number of hydrogen-bond acceptors (Lipinski definition) is 3. The van der Waals surface area contributed by atoms with Crippen molar-refractivity contribution < 1.29 is 14.3 Å². The van der Waals surface area contributed by atoms with Crippen LogP contribution in [0.2, 0.25) is 0 Å². The van der Waals surface area contributed by atoms with Gasteiger partial charge in [-0.1, -0.05) is 12.1 Å². The highest BCUT2D eigenvalue weighted by Gasteiger charge is 2.53. The second-order valence-corrected chi connectivity index (χ2v) is 8.87. The minimum Gasteiger partial charge on any atom is -0.485 e. The van der Waals surface area contributed by atoms with Gasteiger partial charge >= 0.3 is 0 Å². The zero-order valence-corrected chi connectivity index (χ0v) is 14.9. The molecule has 1 aliphatic heterocycles. The maximum absolute atomic E-state index is 12.8. The van der Waals surface area contributed by atoms with Gasteiger partial charge in [0.1, 0.15) is 6.61 Å². The summed E-state index contributed by atoms with van der Waals surface area (Å²) in [6, 6.07) is 7.77. The van der Waals surface area contributed by atoms with Gasteiger partial charge in [-0.05, 0) is 80.8 Å². The number of para-hydroxylation sites is 2. The van der Waals surface area contributed by atoms with Crippen LogP contribution in [0, 0.1) is 23.2 Å². The van der Waals surface area contributed by atoms with Crippen molar-refractivity contribution in [2.45, 2.75) is 57.6 Å². The summed E-state index contributed by atoms with van der Waals surface area (Å²) in [5, 5.41) is 3.29. The predicted molar refractivity (Wildman–Crippen MR) is 94.6 cm³/mol. The quantitative estimate of drug-likeness (QED) is 0.915. The molecule has 4 heteroatoms. The van der Waals surface area contributed by atoms with Gasteiger partial charge in [-0.2, -0.15) is 0 Å². The van der Waals surface area contributed by atoms with Crippen molar-refractivity contribution in [2.24, 2.45) is 23.2 Å². The number of fused-ring (bicyclic) bond motifs is 1. The minimum absolute atomic E-state index is 0.0299. The summed E-state index contributed by atoms with van der Waals surface area (Å²) in [7, 11) is 0. The van der Waals surface area contributed by atoms with Crippen molar-refractivity contribution in [3.63, 3.8) is 0 Å². The summed E-state index contributed by atoms with van der Waals surface area (Å²) in [5.41, 5.74) is 0.317. The fourth-order valence-corrected chi connectivity index (χ4v) is 6.32. The van der Waals surface area contributed by atoms with E-state index in [0.29, 0.717) is 11.2 Å². The van der Waals surface area contributed by atoms with E-state index >= 15 is 0 Å². The molecule has 1 aromatic carbocycles. The van der Waals surface area contributed by atoms with Crippen molar-refractivity contribution in [2.75, 3.05) is 6.61 Å². The van der Waals surface area contributed by atoms with Crippen LogP contribution in [-0.2, 0) is 4.79 Å². The van der Waals surface area contributed by atoms with Crippen LogP contribution in [0.5, 0.6) is 11.5 Å². The van der Waals surface area contributed by atoms with Gasteiger partial charge in [-0.25, -0.2) is 0 Å². The molecule has 0 radical (unpaired) electrons. The molecule has 0 spiro atoms. The predicted octanol–water partition coefficient (Wildman–Crippen LogP) is 3.55. The first-order valence-corrected chi connectivity index (χ1v) is 9.80. The van der Waals surface area contributed by atoms with Gasteiger partial charge in [0.05, 0.1) is 0 Å². The van der Waals surface area contributed by atoms with E-state index in [9.17, 15) is 4.79 Å². The van der Waals surface area contributed by atoms with Gasteiger partial charge in [0.2, 0.25) is 6.10 Å². The lowest BCUT2D eigenvalue weighted by atomic mass is 9.48. The number of amides is 1. The molecule has 1 N–H and O–H groups in total. The summed E-state index contributed by atoms with van der Waals surface area (Å²) in [4.78, 5) is 12.8. The van der Waals surface area contributed by atoms with E-state index in [0.717, 1.165) is 23.5 Å². The third-order valence-electron chi connectivity index (χ3n) is 7.16. The average Bonchev–Trinajstić information content (AvgIpc) is 2.60. The van der Waals surface area contributed by atoms with Gasteiger partial charge < -0.3 is 14.8 Å². The molecule has 4 saturated carbocycles. The van der Waals surface area contributed by atoms with E-state index in [1.54, 1.807) is 0 Å². The van der Waals surface area contributed by atoms with Crippen LogP contribution in [0.25, 0.3) is 0 Å². The van der Waals surface area contributed by atoms with E-state index in [1.165, 1.54) is 38.5 Å². The third kappa shape index (κ3) is 2.61. The van der Waals surface area contributed by atoms with Crippen LogP contribution in [0.4, 0.5) is 0 Å². The van der Waals surface area contributed by atoms with E-state index in [2.05, 4.69) is 12.2 Å². The van der Waals surface area contributed by atoms with Crippen LogP contribution >= 0.6 is 0 Å². The van der Waals surface area contributed by atoms with Crippen molar-refractivity contribution in [3.05, 3.63) is 24.3 Å². The lowest BCUT2D eigenvalue weighted by molar-refractivity contribution is -0.134. The standard InChI is InChI=1S/C21H27NO3/c1-13(21-9-14-6-15(10-21)8-16(7-14)11-21)22-20(23)19-12-24-17-4-2-3-5-18(17)25-19/h2-5,13-16,19H,6-12H2,1H3,(H,22,23). The molecule has 1 amide bonds. The topological polar surface area (TPSA) is 47.6 Å². The summed E-state index contributed by atoms with van der Waals surface area (Å²) in [6.45, 7) is 2.50. The third-order valence-corrected chi connectivity index (χ3v) is 7.16. The monoisotopic (exact) mass is 341 g/mol. The first kappa shape index (κ1) is 15.5. The number of rotatable bonds is 3. The first-order chi connectivity index (χ1) is 12.1. The number of carbonyl (C=O) groups is 1. The number of nitrogens with one attached hydrogen (secondary N) is 1. The highest BCUT2D eigenvalue weighted by atomic mass is 16.6. The molecule has 4 fully saturated rings. The number of benzene rings is 1. The van der Waals surface area contributed by atoms with Gasteiger partial charge in [0, 0.05) is 6.04 Å². The molecule has 0 saturated heterocycles. The highest BCUT2D eigenvalue weighted by molar-refractivity contribution is 5.82. The Bertz CT molecular complexity index is 650. The molecule has 0 aromatic heterocycles. The maximum atomic E-state index is 12.8. The Hall–Kier alpha value is -1.71. The Morgan fingerprint density at radius 2 is 1.68 bits per heavy atom. The lowest BCUT2D eigenvalue weighted by Gasteiger charge is -2.59. The molecule has 4 bridgehead atoms. The summed E-state index contributed by atoms with van der Waals surface area (Å²) in [5.74, 6) is 4.04. The highest BCUT2D eigenvalue weighted by Crippen LogP contribution is 2.61.